The zero-order valence-corrected chi connectivity index (χ0v) is 18.8. The molecule has 30 heavy (non-hydrogen) atoms. The molecular weight excluding hydrogens is 370 g/mol. The number of benzene rings is 1. The highest BCUT2D eigenvalue weighted by atomic mass is 16.2. The summed E-state index contributed by atoms with van der Waals surface area (Å²) in [7, 11) is 0. The third kappa shape index (κ3) is 5.46. The molecule has 3 nitrogen and oxygen atoms in total. The Morgan fingerprint density at radius 2 is 1.73 bits per heavy atom. The Morgan fingerprint density at radius 3 is 2.30 bits per heavy atom. The van der Waals surface area contributed by atoms with Crippen LogP contribution in [0.1, 0.15) is 36.2 Å². The molecular formula is C27H33NO2. The summed E-state index contributed by atoms with van der Waals surface area (Å²) in [4.78, 5) is 8.00. The van der Waals surface area contributed by atoms with Crippen LogP contribution in [0.25, 0.3) is 22.2 Å². The van der Waals surface area contributed by atoms with Crippen LogP contribution < -0.4 is 0 Å². The number of rotatable bonds is 7. The van der Waals surface area contributed by atoms with E-state index in [0.29, 0.717) is 0 Å². The summed E-state index contributed by atoms with van der Waals surface area (Å²) in [6.45, 7) is 16.4. The van der Waals surface area contributed by atoms with E-state index in [-0.39, 0.29) is 6.61 Å². The van der Waals surface area contributed by atoms with Gasteiger partial charge in [-0.05, 0) is 81.2 Å². The lowest BCUT2D eigenvalue weighted by atomic mass is 10.0. The van der Waals surface area contributed by atoms with Crippen molar-refractivity contribution in [2.75, 3.05) is 6.61 Å². The molecule has 2 rings (SSSR count). The van der Waals surface area contributed by atoms with Gasteiger partial charge in [0.1, 0.15) is 6.79 Å². The zero-order valence-electron chi connectivity index (χ0n) is 18.8. The predicted octanol–water partition coefficient (Wildman–Crippen LogP) is 6.49. The molecule has 2 aromatic rings. The van der Waals surface area contributed by atoms with Crippen LogP contribution in [0, 0.1) is 20.8 Å². The number of carbonyl (C=O) groups excluding carboxylic acids is 1. The SMILES string of the molecule is C=C/C=C(\C=C/C)c1cc2c(C)c(C)c(C)cc2n1C(/C=C/CO)=C/C=C\C.C=O. The number of aliphatic hydroxyl groups excluding tert-OH is 1. The van der Waals surface area contributed by atoms with Crippen molar-refractivity contribution in [2.45, 2.75) is 34.6 Å². The van der Waals surface area contributed by atoms with Gasteiger partial charge in [-0.2, -0.15) is 0 Å². The Kier molecular flexibility index (Phi) is 10.3. The largest absolute Gasteiger partial charge is 0.392 e. The maximum Gasteiger partial charge on any atom is 0.106 e. The van der Waals surface area contributed by atoms with Crippen molar-refractivity contribution >= 4 is 29.0 Å². The van der Waals surface area contributed by atoms with Crippen LogP contribution in [0.4, 0.5) is 0 Å². The molecule has 0 aliphatic heterocycles. The van der Waals surface area contributed by atoms with Gasteiger partial charge in [0.25, 0.3) is 0 Å². The highest BCUT2D eigenvalue weighted by Crippen LogP contribution is 2.34. The first-order valence-electron chi connectivity index (χ1n) is 9.97. The molecule has 158 valence electrons. The third-order valence-corrected chi connectivity index (χ3v) is 5.00. The Hall–Kier alpha value is -3.17. The van der Waals surface area contributed by atoms with Crippen LogP contribution in [-0.4, -0.2) is 23.1 Å². The maximum absolute atomic E-state index is 9.35. The van der Waals surface area contributed by atoms with Crippen LogP contribution in [0.3, 0.4) is 0 Å². The fourth-order valence-corrected chi connectivity index (χ4v) is 3.38. The van der Waals surface area contributed by atoms with E-state index >= 15 is 0 Å². The molecule has 0 saturated carbocycles. The van der Waals surface area contributed by atoms with Gasteiger partial charge in [0.15, 0.2) is 0 Å². The molecule has 1 aromatic carbocycles. The number of aryl methyl sites for hydroxylation is 2. The van der Waals surface area contributed by atoms with Gasteiger partial charge in [-0.15, -0.1) is 0 Å². The highest BCUT2D eigenvalue weighted by Gasteiger charge is 2.16. The molecule has 0 saturated heterocycles. The quantitative estimate of drug-likeness (QED) is 0.537. The minimum atomic E-state index is 0.00307. The summed E-state index contributed by atoms with van der Waals surface area (Å²) < 4.78 is 2.26. The Labute approximate surface area is 180 Å². The van der Waals surface area contributed by atoms with E-state index in [0.717, 1.165) is 22.5 Å². The van der Waals surface area contributed by atoms with Gasteiger partial charge in [-0.25, -0.2) is 0 Å². The van der Waals surface area contributed by atoms with Crippen LogP contribution in [0.2, 0.25) is 0 Å². The summed E-state index contributed by atoms with van der Waals surface area (Å²) in [6.07, 6.45) is 17.8. The molecule has 0 spiro atoms. The summed E-state index contributed by atoms with van der Waals surface area (Å²) >= 11 is 0. The van der Waals surface area contributed by atoms with E-state index in [4.69, 9.17) is 4.79 Å². The average Bonchev–Trinajstić information content (AvgIpc) is 3.12. The normalized spacial score (nSPS) is 12.9. The molecule has 1 heterocycles. The summed E-state index contributed by atoms with van der Waals surface area (Å²) in [5.74, 6) is 0. The highest BCUT2D eigenvalue weighted by molar-refractivity contribution is 5.95. The van der Waals surface area contributed by atoms with Gasteiger partial charge in [-0.1, -0.05) is 49.1 Å². The van der Waals surface area contributed by atoms with Crippen LogP contribution in [0.15, 0.2) is 73.4 Å². The predicted molar refractivity (Wildman–Crippen MR) is 132 cm³/mol. The first kappa shape index (κ1) is 24.9. The number of allylic oxidation sites excluding steroid dienone is 10. The number of carbonyl (C=O) groups is 1. The summed E-state index contributed by atoms with van der Waals surface area (Å²) in [5, 5.41) is 10.6. The van der Waals surface area contributed by atoms with E-state index in [1.54, 1.807) is 6.08 Å². The Bertz CT molecular complexity index is 1030. The van der Waals surface area contributed by atoms with Gasteiger partial charge in [-0.3, -0.25) is 0 Å². The molecule has 1 aromatic heterocycles. The van der Waals surface area contributed by atoms with Gasteiger partial charge < -0.3 is 14.5 Å². The fourth-order valence-electron chi connectivity index (χ4n) is 3.38. The maximum atomic E-state index is 9.35. The lowest BCUT2D eigenvalue weighted by Gasteiger charge is -2.14. The first-order valence-corrected chi connectivity index (χ1v) is 9.97. The molecule has 0 atom stereocenters. The van der Waals surface area contributed by atoms with Crippen molar-refractivity contribution in [2.24, 2.45) is 0 Å². The second kappa shape index (κ2) is 12.4. The molecule has 0 bridgehead atoms. The van der Waals surface area contributed by atoms with E-state index in [2.05, 4.69) is 56.2 Å². The van der Waals surface area contributed by atoms with Crippen molar-refractivity contribution in [1.82, 2.24) is 4.57 Å². The van der Waals surface area contributed by atoms with E-state index < -0.39 is 0 Å². The number of fused-ring (bicyclic) bond motifs is 1. The molecule has 0 radical (unpaired) electrons. The molecule has 0 amide bonds. The second-order valence-electron chi connectivity index (χ2n) is 6.80. The first-order chi connectivity index (χ1) is 14.5. The molecule has 0 unspecified atom stereocenters. The van der Waals surface area contributed by atoms with Gasteiger partial charge in [0.05, 0.1) is 17.8 Å². The topological polar surface area (TPSA) is 42.2 Å². The summed E-state index contributed by atoms with van der Waals surface area (Å²) in [5.41, 5.74) is 8.23. The van der Waals surface area contributed by atoms with Crippen molar-refractivity contribution in [3.8, 4) is 0 Å². The Morgan fingerprint density at radius 1 is 1.03 bits per heavy atom. The lowest BCUT2D eigenvalue weighted by molar-refractivity contribution is -0.0979. The van der Waals surface area contributed by atoms with Gasteiger partial charge in [0.2, 0.25) is 0 Å². The van der Waals surface area contributed by atoms with Crippen LogP contribution in [-0.2, 0) is 4.79 Å². The van der Waals surface area contributed by atoms with Crippen LogP contribution >= 0.6 is 0 Å². The molecule has 0 aliphatic rings. The van der Waals surface area contributed by atoms with E-state index in [1.165, 1.54) is 22.1 Å². The van der Waals surface area contributed by atoms with E-state index in [9.17, 15) is 5.11 Å². The molecule has 1 N–H and O–H groups in total. The monoisotopic (exact) mass is 403 g/mol. The molecule has 0 fully saturated rings. The average molecular weight is 404 g/mol. The van der Waals surface area contributed by atoms with Crippen molar-refractivity contribution < 1.29 is 9.90 Å². The minimum absolute atomic E-state index is 0.00307. The standard InChI is InChI=1S/C26H31NO.CH2O/c1-7-10-14-23(15-11-16-28)27-25(22(12-8-2)13-9-3)18-24-21(6)20(5)19(4)17-26(24)27;1-2/h7-15,17-18,28H,2,16H2,1,3-6H3;1H2/b10-7-,13-9-,15-11+,22-12+,23-14+;. The number of hydrogen-bond acceptors (Lipinski definition) is 2. The van der Waals surface area contributed by atoms with Gasteiger partial charge >= 0.3 is 0 Å². The minimum Gasteiger partial charge on any atom is -0.392 e. The molecule has 3 heteroatoms. The van der Waals surface area contributed by atoms with Crippen molar-refractivity contribution in [3.05, 3.63) is 95.8 Å². The third-order valence-electron chi connectivity index (χ3n) is 5.00. The van der Waals surface area contributed by atoms with E-state index in [1.807, 2.05) is 57.1 Å². The Balaban J connectivity index is 0.00000218. The number of hydrogen-bond donors (Lipinski definition) is 1. The number of aliphatic hydroxyl groups is 1. The lowest BCUT2D eigenvalue weighted by Crippen LogP contribution is -2.01. The summed E-state index contributed by atoms with van der Waals surface area (Å²) in [6, 6.07) is 4.50. The van der Waals surface area contributed by atoms with Crippen molar-refractivity contribution in [3.63, 3.8) is 0 Å². The molecule has 0 aliphatic carbocycles. The second-order valence-corrected chi connectivity index (χ2v) is 6.80. The number of aromatic nitrogens is 1. The zero-order chi connectivity index (χ0) is 22.7. The number of nitrogens with zero attached hydrogens (tertiary/aromatic N) is 1. The van der Waals surface area contributed by atoms with Gasteiger partial charge in [0, 0.05) is 11.1 Å². The smallest absolute Gasteiger partial charge is 0.106 e. The fraction of sp³-hybridized carbons (Fsp3) is 0.222. The van der Waals surface area contributed by atoms with Crippen LogP contribution in [0.5, 0.6) is 0 Å². The van der Waals surface area contributed by atoms with Crippen molar-refractivity contribution in [1.29, 1.82) is 0 Å².